The number of halogens is 1. The Labute approximate surface area is 384 Å². The maximum atomic E-state index is 14.6. The third-order valence-corrected chi connectivity index (χ3v) is 11.2. The second kappa shape index (κ2) is 16.8. The maximum Gasteiger partial charge on any atom is 0.135 e. The van der Waals surface area contributed by atoms with E-state index in [4.69, 9.17) is 16.6 Å². The van der Waals surface area contributed by atoms with Crippen LogP contribution in [0.1, 0.15) is 63.1 Å². The Morgan fingerprint density at radius 3 is 2.10 bits per heavy atom. The largest absolute Gasteiger partial charge is 0.509 e. The average molecular weight is 996 g/mol. The molecule has 0 aliphatic carbocycles. The number of aryl methyl sites for hydroxylation is 1. The molecule has 0 atom stereocenters. The predicted octanol–water partition coefficient (Wildman–Crippen LogP) is 15.0. The summed E-state index contributed by atoms with van der Waals surface area (Å²) in [4.78, 5) is 8.89. The number of nitrogens with zero attached hydrogens (tertiary/aromatic N) is 4. The quantitative estimate of drug-likeness (QED) is 0.135. The monoisotopic (exact) mass is 995 g/mol. The van der Waals surface area contributed by atoms with Crippen molar-refractivity contribution in [2.75, 3.05) is 9.80 Å². The summed E-state index contributed by atoms with van der Waals surface area (Å²) in [5, 5.41) is 2.00. The van der Waals surface area contributed by atoms with E-state index in [0.717, 1.165) is 72.5 Å². The molecule has 7 aromatic carbocycles. The fraction of sp³-hybridized carbons (Fsp3) is 0.127. The first kappa shape index (κ1) is 35.1. The molecule has 0 saturated carbocycles. The van der Waals surface area contributed by atoms with Gasteiger partial charge < -0.3 is 19.1 Å². The molecule has 0 radical (unpaired) electrons. The predicted molar refractivity (Wildman–Crippen MR) is 248 cm³/mol. The van der Waals surface area contributed by atoms with Gasteiger partial charge in [-0.1, -0.05) is 106 Å². The van der Waals surface area contributed by atoms with Gasteiger partial charge in [-0.05, 0) is 112 Å². The van der Waals surface area contributed by atoms with Gasteiger partial charge in [-0.15, -0.1) is 53.6 Å². The summed E-state index contributed by atoms with van der Waals surface area (Å²) in [6.07, 6.45) is 1.79. The molecule has 0 unspecified atom stereocenters. The van der Waals surface area contributed by atoms with Crippen molar-refractivity contribution in [1.29, 1.82) is 0 Å². The third-order valence-electron chi connectivity index (χ3n) is 11.2. The van der Waals surface area contributed by atoms with Crippen LogP contribution in [-0.2, 0) is 21.1 Å². The van der Waals surface area contributed by atoms with E-state index in [2.05, 4.69) is 79.6 Å². The summed E-state index contributed by atoms with van der Waals surface area (Å²) < 4.78 is 66.8. The maximum absolute atomic E-state index is 14.6. The van der Waals surface area contributed by atoms with Crippen LogP contribution < -0.4 is 14.5 Å². The minimum Gasteiger partial charge on any atom is -0.509 e. The minimum absolute atomic E-state index is 0. The molecule has 1 aliphatic rings. The van der Waals surface area contributed by atoms with Crippen LogP contribution in [0.3, 0.4) is 0 Å². The normalized spacial score (nSPS) is 13.5. The van der Waals surface area contributed by atoms with Gasteiger partial charge >= 0.3 is 0 Å². The smallest absolute Gasteiger partial charge is 0.135 e. The molecule has 0 amide bonds. The molecule has 9 aromatic rings. The number of benzene rings is 7. The summed E-state index contributed by atoms with van der Waals surface area (Å²) in [6.45, 7) is 12.7. The van der Waals surface area contributed by atoms with E-state index < -0.39 is 18.1 Å². The Morgan fingerprint density at radius 1 is 0.661 bits per heavy atom. The first-order chi connectivity index (χ1) is 31.8. The van der Waals surface area contributed by atoms with Crippen molar-refractivity contribution in [3.63, 3.8) is 0 Å². The van der Waals surface area contributed by atoms with Crippen molar-refractivity contribution >= 4 is 44.6 Å². The second-order valence-electron chi connectivity index (χ2n) is 16.0. The van der Waals surface area contributed by atoms with Gasteiger partial charge in [0.2, 0.25) is 0 Å². The number of anilines is 4. The Balaban J connectivity index is 0.00000562. The van der Waals surface area contributed by atoms with Crippen LogP contribution in [0.5, 0.6) is 11.5 Å². The molecule has 0 N–H and O–H groups in total. The van der Waals surface area contributed by atoms with Gasteiger partial charge in [-0.3, -0.25) is 0 Å². The SMILES string of the molecule is [2H]c1c([2H])c([2H])c(-c2cc(Oc3[c-]c4c(cc3)c3ccccc3n4-c3cc(C)ccn3)[c-]c(N3[CH-]N(c4c(C(C)C)cc(-c5cccc(F)c5)cc4C(C)C)c4ccccc43)c2)c([2H])c1[2H].[Pt]. The molecule has 0 bridgehead atoms. The molecule has 0 saturated heterocycles. The van der Waals surface area contributed by atoms with Gasteiger partial charge in [0.1, 0.15) is 11.6 Å². The Bertz CT molecular complexity index is 3350. The molecule has 310 valence electrons. The van der Waals surface area contributed by atoms with Crippen molar-refractivity contribution in [1.82, 2.24) is 9.55 Å². The third kappa shape index (κ3) is 7.47. The number of rotatable bonds is 9. The second-order valence-corrected chi connectivity index (χ2v) is 16.0. The van der Waals surface area contributed by atoms with Crippen LogP contribution in [0.25, 0.3) is 49.9 Å². The van der Waals surface area contributed by atoms with Crippen LogP contribution in [0, 0.1) is 31.5 Å². The topological polar surface area (TPSA) is 33.5 Å². The molecular weight excluding hydrogens is 947 g/mol. The zero-order valence-electron chi connectivity index (χ0n) is 39.7. The van der Waals surface area contributed by atoms with Crippen LogP contribution in [0.15, 0.2) is 158 Å². The van der Waals surface area contributed by atoms with Crippen LogP contribution >= 0.6 is 0 Å². The van der Waals surface area contributed by atoms with Crippen molar-refractivity contribution in [2.24, 2.45) is 0 Å². The zero-order valence-corrected chi connectivity index (χ0v) is 37.0. The number of ether oxygens (including phenoxy) is 1. The van der Waals surface area contributed by atoms with Crippen molar-refractivity contribution in [2.45, 2.75) is 46.5 Å². The molecule has 7 heteroatoms. The Morgan fingerprint density at radius 2 is 1.37 bits per heavy atom. The summed E-state index contributed by atoms with van der Waals surface area (Å²) in [6, 6.07) is 43.4. The number of pyridine rings is 1. The molecule has 1 aliphatic heterocycles. The summed E-state index contributed by atoms with van der Waals surface area (Å²) >= 11 is 0. The van der Waals surface area contributed by atoms with Crippen LogP contribution in [-0.4, -0.2) is 9.55 Å². The minimum atomic E-state index is -0.475. The first-order valence-corrected chi connectivity index (χ1v) is 20.4. The summed E-state index contributed by atoms with van der Waals surface area (Å²) in [5.74, 6) is 1.26. The number of aromatic nitrogens is 2. The van der Waals surface area contributed by atoms with Gasteiger partial charge in [0.25, 0.3) is 0 Å². The Hall–Kier alpha value is -6.49. The molecule has 62 heavy (non-hydrogen) atoms. The van der Waals surface area contributed by atoms with Gasteiger partial charge in [0.15, 0.2) is 0 Å². The van der Waals surface area contributed by atoms with E-state index in [-0.39, 0.29) is 62.1 Å². The van der Waals surface area contributed by atoms with Gasteiger partial charge in [0, 0.05) is 61.3 Å². The van der Waals surface area contributed by atoms with E-state index in [9.17, 15) is 4.39 Å². The number of para-hydroxylation sites is 3. The zero-order chi connectivity index (χ0) is 46.1. The van der Waals surface area contributed by atoms with E-state index in [1.807, 2.05) is 79.2 Å². The molecule has 0 fully saturated rings. The van der Waals surface area contributed by atoms with E-state index in [1.165, 1.54) is 6.07 Å². The van der Waals surface area contributed by atoms with Gasteiger partial charge in [0.05, 0.1) is 6.85 Å². The van der Waals surface area contributed by atoms with Crippen LogP contribution in [0.2, 0.25) is 0 Å². The van der Waals surface area contributed by atoms with Crippen molar-refractivity contribution in [3.05, 3.63) is 199 Å². The fourth-order valence-corrected chi connectivity index (χ4v) is 8.34. The molecular formula is C55H44FN4OPt-3. The fourth-order valence-electron chi connectivity index (χ4n) is 8.34. The Kier molecular flexibility index (Phi) is 9.50. The molecule has 0 spiro atoms. The van der Waals surface area contributed by atoms with Gasteiger partial charge in [-0.25, -0.2) is 9.37 Å². The average Bonchev–Trinajstić information content (AvgIpc) is 3.86. The van der Waals surface area contributed by atoms with E-state index in [0.29, 0.717) is 17.0 Å². The standard InChI is InChI=1S/C55H44FN4O.Pt/c1-35(2)48-30-41(39-16-13-17-42(56)27-39)31-49(36(3)4)55(48)59-34-58(51-20-11-12-21-52(51)59)43-28-40(38-14-7-6-8-15-38)29-45(32-43)61-44-22-23-47-46-18-9-10-19-50(46)60(53(47)33-44)54-26-37(5)24-25-57-54;/h6-31,34-36H,1-5H3;/q-3;/i6D,7D,8D,14D,15D;. The first-order valence-electron chi connectivity index (χ1n) is 22.9. The summed E-state index contributed by atoms with van der Waals surface area (Å²) in [5.41, 5.74) is 10.3. The van der Waals surface area contributed by atoms with Gasteiger partial charge in [-0.2, -0.15) is 6.07 Å². The molecule has 3 heterocycles. The van der Waals surface area contributed by atoms with Crippen molar-refractivity contribution in [3.8, 4) is 39.6 Å². The number of hydrogen-bond acceptors (Lipinski definition) is 4. The number of hydrogen-bond donors (Lipinski definition) is 0. The van der Waals surface area contributed by atoms with Crippen molar-refractivity contribution < 1.29 is 37.0 Å². The van der Waals surface area contributed by atoms with E-state index >= 15 is 0 Å². The molecule has 2 aromatic heterocycles. The van der Waals surface area contributed by atoms with E-state index in [1.54, 1.807) is 30.5 Å². The van der Waals surface area contributed by atoms with Crippen LogP contribution in [0.4, 0.5) is 27.1 Å². The molecule has 5 nitrogen and oxygen atoms in total. The number of fused-ring (bicyclic) bond motifs is 4. The summed E-state index contributed by atoms with van der Waals surface area (Å²) in [7, 11) is 0. The molecule has 10 rings (SSSR count).